The van der Waals surface area contributed by atoms with Crippen LogP contribution in [0, 0.1) is 12.8 Å². The van der Waals surface area contributed by atoms with Gasteiger partial charge in [0.15, 0.2) is 0 Å². The van der Waals surface area contributed by atoms with Gasteiger partial charge >= 0.3 is 0 Å². The van der Waals surface area contributed by atoms with Crippen LogP contribution in [0.4, 0.5) is 0 Å². The number of benzene rings is 1. The van der Waals surface area contributed by atoms with E-state index in [1.54, 1.807) is 6.07 Å². The van der Waals surface area contributed by atoms with Crippen molar-refractivity contribution in [2.75, 3.05) is 19.8 Å². The number of aryl methyl sites for hydroxylation is 1. The molecule has 0 radical (unpaired) electrons. The van der Waals surface area contributed by atoms with E-state index >= 15 is 0 Å². The number of aliphatic hydroxyl groups excluding tert-OH is 1. The number of nitrogens with one attached hydrogen (secondary N) is 1. The molecule has 0 aliphatic rings. The molecule has 4 heteroatoms. The lowest BCUT2D eigenvalue weighted by Crippen LogP contribution is -2.30. The zero-order chi connectivity index (χ0) is 14.3. The molecule has 0 aliphatic carbocycles. The smallest absolute Gasteiger partial charge is 0.120 e. The third-order valence-corrected chi connectivity index (χ3v) is 2.69. The zero-order valence-corrected chi connectivity index (χ0v) is 12.0. The molecule has 1 aromatic carbocycles. The number of phenolic OH excluding ortho intramolecular Hbond substituents is 1. The van der Waals surface area contributed by atoms with Crippen LogP contribution in [0.15, 0.2) is 18.2 Å². The summed E-state index contributed by atoms with van der Waals surface area (Å²) in [5.74, 6) is 0.757. The van der Waals surface area contributed by atoms with Gasteiger partial charge in [-0.05, 0) is 18.9 Å². The zero-order valence-electron chi connectivity index (χ0n) is 12.0. The first-order valence-corrected chi connectivity index (χ1v) is 6.74. The van der Waals surface area contributed by atoms with Gasteiger partial charge in [-0.3, -0.25) is 0 Å². The number of aliphatic hydroxyl groups is 1. The summed E-state index contributed by atoms with van der Waals surface area (Å²) in [6, 6.07) is 5.49. The summed E-state index contributed by atoms with van der Waals surface area (Å²) < 4.78 is 5.36. The number of rotatable bonds is 8. The lowest BCUT2D eigenvalue weighted by Gasteiger charge is -2.14. The molecule has 0 bridgehead atoms. The van der Waals surface area contributed by atoms with Gasteiger partial charge in [-0.1, -0.05) is 31.5 Å². The SMILES string of the molecule is Cc1ccc(O)c(CNCC(O)COCC(C)C)c1. The summed E-state index contributed by atoms with van der Waals surface area (Å²) >= 11 is 0. The largest absolute Gasteiger partial charge is 0.508 e. The molecule has 108 valence electrons. The van der Waals surface area contributed by atoms with Crippen LogP contribution in [0.25, 0.3) is 0 Å². The molecular weight excluding hydrogens is 242 g/mol. The average molecular weight is 267 g/mol. The van der Waals surface area contributed by atoms with E-state index in [0.29, 0.717) is 32.2 Å². The first-order valence-electron chi connectivity index (χ1n) is 6.74. The Morgan fingerprint density at radius 3 is 2.68 bits per heavy atom. The lowest BCUT2D eigenvalue weighted by atomic mass is 10.1. The van der Waals surface area contributed by atoms with Gasteiger partial charge in [0.2, 0.25) is 0 Å². The van der Waals surface area contributed by atoms with Crippen molar-refractivity contribution in [2.24, 2.45) is 5.92 Å². The predicted molar refractivity (Wildman–Crippen MR) is 76.2 cm³/mol. The van der Waals surface area contributed by atoms with Gasteiger partial charge in [-0.15, -0.1) is 0 Å². The van der Waals surface area contributed by atoms with Crippen molar-refractivity contribution in [2.45, 2.75) is 33.4 Å². The van der Waals surface area contributed by atoms with Crippen LogP contribution in [-0.2, 0) is 11.3 Å². The van der Waals surface area contributed by atoms with Crippen LogP contribution >= 0.6 is 0 Å². The van der Waals surface area contributed by atoms with E-state index in [1.807, 2.05) is 19.1 Å². The molecule has 3 N–H and O–H groups in total. The summed E-state index contributed by atoms with van der Waals surface area (Å²) in [4.78, 5) is 0. The van der Waals surface area contributed by atoms with E-state index in [0.717, 1.165) is 11.1 Å². The summed E-state index contributed by atoms with van der Waals surface area (Å²) in [6.45, 7) is 8.12. The fourth-order valence-corrected chi connectivity index (χ4v) is 1.73. The minimum Gasteiger partial charge on any atom is -0.508 e. The summed E-state index contributed by atoms with van der Waals surface area (Å²) in [5.41, 5.74) is 1.95. The van der Waals surface area contributed by atoms with Crippen LogP contribution in [-0.4, -0.2) is 36.1 Å². The topological polar surface area (TPSA) is 61.7 Å². The minimum absolute atomic E-state index is 0.281. The maximum atomic E-state index is 9.71. The average Bonchev–Trinajstić information content (AvgIpc) is 2.33. The molecule has 1 atom stereocenters. The number of hydrogen-bond acceptors (Lipinski definition) is 4. The molecule has 0 aliphatic heterocycles. The summed E-state index contributed by atoms with van der Waals surface area (Å²) in [6.07, 6.45) is -0.522. The van der Waals surface area contributed by atoms with Crippen LogP contribution in [0.1, 0.15) is 25.0 Å². The van der Waals surface area contributed by atoms with Crippen LogP contribution in [0.5, 0.6) is 5.75 Å². The van der Waals surface area contributed by atoms with Crippen molar-refractivity contribution < 1.29 is 14.9 Å². The standard InChI is InChI=1S/C15H25NO3/c1-11(2)9-19-10-14(17)8-16-7-13-6-12(3)4-5-15(13)18/h4-6,11,14,16-18H,7-10H2,1-3H3. The fourth-order valence-electron chi connectivity index (χ4n) is 1.73. The molecule has 1 aromatic rings. The number of phenols is 1. The Hall–Kier alpha value is -1.10. The van der Waals surface area contributed by atoms with Gasteiger partial charge in [0.25, 0.3) is 0 Å². The van der Waals surface area contributed by atoms with Crippen LogP contribution < -0.4 is 5.32 Å². The van der Waals surface area contributed by atoms with E-state index in [9.17, 15) is 10.2 Å². The third kappa shape index (κ3) is 6.57. The molecule has 19 heavy (non-hydrogen) atoms. The molecule has 4 nitrogen and oxygen atoms in total. The van der Waals surface area contributed by atoms with Gasteiger partial charge in [0, 0.05) is 25.3 Å². The predicted octanol–water partition coefficient (Wildman–Crippen LogP) is 1.82. The summed E-state index contributed by atoms with van der Waals surface area (Å²) in [7, 11) is 0. The highest BCUT2D eigenvalue weighted by Crippen LogP contribution is 2.17. The van der Waals surface area contributed by atoms with E-state index in [-0.39, 0.29) is 5.75 Å². The number of aromatic hydroxyl groups is 1. The number of hydrogen-bond donors (Lipinski definition) is 3. The molecule has 1 rings (SSSR count). The second-order valence-corrected chi connectivity index (χ2v) is 5.35. The second kappa shape index (κ2) is 8.15. The monoisotopic (exact) mass is 267 g/mol. The van der Waals surface area contributed by atoms with Crippen molar-refractivity contribution in [3.63, 3.8) is 0 Å². The maximum absolute atomic E-state index is 9.71. The highest BCUT2D eigenvalue weighted by molar-refractivity contribution is 5.35. The van der Waals surface area contributed by atoms with E-state index in [1.165, 1.54) is 0 Å². The Labute approximate surface area is 115 Å². The van der Waals surface area contributed by atoms with Crippen molar-refractivity contribution in [3.05, 3.63) is 29.3 Å². The highest BCUT2D eigenvalue weighted by Gasteiger charge is 2.06. The molecule has 0 aromatic heterocycles. The van der Waals surface area contributed by atoms with E-state index < -0.39 is 6.10 Å². The lowest BCUT2D eigenvalue weighted by molar-refractivity contribution is 0.0260. The first-order chi connectivity index (χ1) is 8.99. The second-order valence-electron chi connectivity index (χ2n) is 5.35. The fraction of sp³-hybridized carbons (Fsp3) is 0.600. The minimum atomic E-state index is -0.522. The van der Waals surface area contributed by atoms with Gasteiger partial charge in [0.05, 0.1) is 12.7 Å². The van der Waals surface area contributed by atoms with Crippen molar-refractivity contribution in [1.29, 1.82) is 0 Å². The van der Waals surface area contributed by atoms with E-state index in [2.05, 4.69) is 19.2 Å². The van der Waals surface area contributed by atoms with Crippen LogP contribution in [0.3, 0.4) is 0 Å². The molecule has 0 saturated carbocycles. The molecule has 0 saturated heterocycles. The Balaban J connectivity index is 2.24. The van der Waals surface area contributed by atoms with Gasteiger partial charge < -0.3 is 20.3 Å². The molecule has 0 amide bonds. The summed E-state index contributed by atoms with van der Waals surface area (Å²) in [5, 5.41) is 22.5. The number of ether oxygens (including phenoxy) is 1. The van der Waals surface area contributed by atoms with E-state index in [4.69, 9.17) is 4.74 Å². The highest BCUT2D eigenvalue weighted by atomic mass is 16.5. The molecule has 0 heterocycles. The quantitative estimate of drug-likeness (QED) is 0.672. The third-order valence-electron chi connectivity index (χ3n) is 2.69. The van der Waals surface area contributed by atoms with Crippen molar-refractivity contribution in [1.82, 2.24) is 5.32 Å². The van der Waals surface area contributed by atoms with Crippen molar-refractivity contribution >= 4 is 0 Å². The molecule has 0 fully saturated rings. The van der Waals surface area contributed by atoms with Gasteiger partial charge in [0.1, 0.15) is 5.75 Å². The first kappa shape index (κ1) is 16.0. The Morgan fingerprint density at radius 1 is 1.26 bits per heavy atom. The Morgan fingerprint density at radius 2 is 2.00 bits per heavy atom. The Kier molecular flexibility index (Phi) is 6.84. The molecule has 0 spiro atoms. The normalized spacial score (nSPS) is 12.9. The molecule has 1 unspecified atom stereocenters. The molecular formula is C15H25NO3. The Bertz CT molecular complexity index is 380. The van der Waals surface area contributed by atoms with Crippen molar-refractivity contribution in [3.8, 4) is 5.75 Å². The van der Waals surface area contributed by atoms with Crippen LogP contribution in [0.2, 0.25) is 0 Å². The van der Waals surface area contributed by atoms with Gasteiger partial charge in [-0.2, -0.15) is 0 Å². The van der Waals surface area contributed by atoms with Gasteiger partial charge in [-0.25, -0.2) is 0 Å². The maximum Gasteiger partial charge on any atom is 0.120 e.